The SMILES string of the molecule is CC(C)c1nc(-c2ccc(C(=O)O)c(F)c2)c2cc3[nH]ncc3cc2c1-c1ccc(F)cc1. The van der Waals surface area contributed by atoms with Crippen LogP contribution in [-0.2, 0) is 0 Å². The normalized spacial score (nSPS) is 11.5. The van der Waals surface area contributed by atoms with Gasteiger partial charge in [-0.05, 0) is 53.3 Å². The number of nitrogens with zero attached hydrogens (tertiary/aromatic N) is 2. The van der Waals surface area contributed by atoms with Crippen LogP contribution in [0.2, 0.25) is 0 Å². The van der Waals surface area contributed by atoms with Crippen molar-refractivity contribution in [2.75, 3.05) is 0 Å². The van der Waals surface area contributed by atoms with Gasteiger partial charge in [0.2, 0.25) is 0 Å². The Hall–Kier alpha value is -4.13. The Kier molecular flexibility index (Phi) is 4.89. The van der Waals surface area contributed by atoms with Crippen LogP contribution >= 0.6 is 0 Å². The first-order valence-electron chi connectivity index (χ1n) is 10.4. The smallest absolute Gasteiger partial charge is 0.338 e. The summed E-state index contributed by atoms with van der Waals surface area (Å²) in [6, 6.07) is 14.2. The molecule has 5 aromatic rings. The number of rotatable bonds is 4. The van der Waals surface area contributed by atoms with Crippen molar-refractivity contribution in [3.8, 4) is 22.4 Å². The van der Waals surface area contributed by atoms with Crippen LogP contribution in [0.4, 0.5) is 8.78 Å². The van der Waals surface area contributed by atoms with E-state index in [4.69, 9.17) is 4.98 Å². The number of nitrogens with one attached hydrogen (secondary N) is 1. The second-order valence-corrected chi connectivity index (χ2v) is 8.24. The first-order valence-corrected chi connectivity index (χ1v) is 10.4. The second kappa shape index (κ2) is 7.78. The van der Waals surface area contributed by atoms with Crippen molar-refractivity contribution in [3.63, 3.8) is 0 Å². The molecule has 2 aromatic heterocycles. The van der Waals surface area contributed by atoms with Gasteiger partial charge < -0.3 is 5.11 Å². The van der Waals surface area contributed by atoms with Gasteiger partial charge in [0.25, 0.3) is 0 Å². The molecule has 0 fully saturated rings. The summed E-state index contributed by atoms with van der Waals surface area (Å²) < 4.78 is 28.2. The molecule has 0 aliphatic rings. The van der Waals surface area contributed by atoms with Gasteiger partial charge >= 0.3 is 5.97 Å². The summed E-state index contributed by atoms with van der Waals surface area (Å²) in [7, 11) is 0. The van der Waals surface area contributed by atoms with E-state index in [-0.39, 0.29) is 11.7 Å². The van der Waals surface area contributed by atoms with Crippen LogP contribution < -0.4 is 0 Å². The zero-order valence-electron chi connectivity index (χ0n) is 17.9. The van der Waals surface area contributed by atoms with Crippen LogP contribution in [0.25, 0.3) is 44.1 Å². The number of fused-ring (bicyclic) bond motifs is 2. The van der Waals surface area contributed by atoms with Gasteiger partial charge in [0.05, 0.1) is 28.7 Å². The summed E-state index contributed by atoms with van der Waals surface area (Å²) in [6.07, 6.45) is 1.72. The summed E-state index contributed by atoms with van der Waals surface area (Å²) >= 11 is 0. The maximum atomic E-state index is 14.6. The lowest BCUT2D eigenvalue weighted by atomic mass is 9.89. The largest absolute Gasteiger partial charge is 0.478 e. The molecule has 0 spiro atoms. The summed E-state index contributed by atoms with van der Waals surface area (Å²) in [5.74, 6) is -2.47. The molecule has 3 aromatic carbocycles. The number of H-pyrrole nitrogens is 1. The van der Waals surface area contributed by atoms with E-state index < -0.39 is 17.3 Å². The third-order valence-electron chi connectivity index (χ3n) is 5.74. The van der Waals surface area contributed by atoms with Crippen molar-refractivity contribution in [1.82, 2.24) is 15.2 Å². The lowest BCUT2D eigenvalue weighted by Crippen LogP contribution is -2.03. The maximum Gasteiger partial charge on any atom is 0.338 e. The van der Waals surface area contributed by atoms with Crippen molar-refractivity contribution in [2.45, 2.75) is 19.8 Å². The van der Waals surface area contributed by atoms with E-state index >= 15 is 0 Å². The number of aromatic carboxylic acids is 1. The Balaban J connectivity index is 1.89. The minimum atomic E-state index is -1.33. The fourth-order valence-electron chi connectivity index (χ4n) is 4.16. The Labute approximate surface area is 187 Å². The van der Waals surface area contributed by atoms with Crippen molar-refractivity contribution in [1.29, 1.82) is 0 Å². The second-order valence-electron chi connectivity index (χ2n) is 8.24. The average molecular weight is 443 g/mol. The van der Waals surface area contributed by atoms with Crippen LogP contribution in [0.5, 0.6) is 0 Å². The predicted molar refractivity (Wildman–Crippen MR) is 123 cm³/mol. The third-order valence-corrected chi connectivity index (χ3v) is 5.74. The highest BCUT2D eigenvalue weighted by Crippen LogP contribution is 2.40. The number of carboxylic acids is 1. The van der Waals surface area contributed by atoms with Gasteiger partial charge in [0, 0.05) is 21.9 Å². The number of halogens is 2. The van der Waals surface area contributed by atoms with Crippen LogP contribution in [-0.4, -0.2) is 26.3 Å². The molecule has 5 rings (SSSR count). The van der Waals surface area contributed by atoms with E-state index in [2.05, 4.69) is 10.2 Å². The maximum absolute atomic E-state index is 14.6. The number of carbonyl (C=O) groups is 1. The lowest BCUT2D eigenvalue weighted by Gasteiger charge is -2.19. The van der Waals surface area contributed by atoms with Gasteiger partial charge in [0.1, 0.15) is 11.6 Å². The monoisotopic (exact) mass is 443 g/mol. The first kappa shape index (κ1) is 20.8. The van der Waals surface area contributed by atoms with Gasteiger partial charge in [-0.1, -0.05) is 32.0 Å². The summed E-state index contributed by atoms with van der Waals surface area (Å²) in [6.45, 7) is 4.02. The zero-order valence-corrected chi connectivity index (χ0v) is 17.9. The van der Waals surface area contributed by atoms with E-state index in [1.165, 1.54) is 24.3 Å². The van der Waals surface area contributed by atoms with Gasteiger partial charge in [-0.2, -0.15) is 5.10 Å². The van der Waals surface area contributed by atoms with Crippen LogP contribution in [0.3, 0.4) is 0 Å². The number of aromatic amines is 1. The van der Waals surface area contributed by atoms with E-state index in [1.54, 1.807) is 24.4 Å². The molecule has 7 heteroatoms. The van der Waals surface area contributed by atoms with Gasteiger partial charge in [0.15, 0.2) is 0 Å². The highest BCUT2D eigenvalue weighted by atomic mass is 19.1. The van der Waals surface area contributed by atoms with Gasteiger partial charge in [-0.15, -0.1) is 0 Å². The van der Waals surface area contributed by atoms with E-state index in [0.29, 0.717) is 11.3 Å². The highest BCUT2D eigenvalue weighted by molar-refractivity contribution is 6.09. The van der Waals surface area contributed by atoms with Crippen molar-refractivity contribution in [2.24, 2.45) is 0 Å². The molecule has 0 bridgehead atoms. The molecule has 5 nitrogen and oxygen atoms in total. The topological polar surface area (TPSA) is 78.9 Å². The molecule has 0 aliphatic heterocycles. The van der Waals surface area contributed by atoms with Crippen molar-refractivity contribution in [3.05, 3.63) is 83.7 Å². The highest BCUT2D eigenvalue weighted by Gasteiger charge is 2.21. The van der Waals surface area contributed by atoms with E-state index in [0.717, 1.165) is 38.5 Å². The van der Waals surface area contributed by atoms with Crippen LogP contribution in [0.1, 0.15) is 35.8 Å². The zero-order chi connectivity index (χ0) is 23.3. The molecule has 2 heterocycles. The Bertz CT molecular complexity index is 1540. The Morgan fingerprint density at radius 2 is 1.70 bits per heavy atom. The van der Waals surface area contributed by atoms with E-state index in [1.807, 2.05) is 26.0 Å². The molecule has 0 amide bonds. The minimum absolute atomic E-state index is 0.0105. The third kappa shape index (κ3) is 3.51. The Morgan fingerprint density at radius 3 is 2.36 bits per heavy atom. The fourth-order valence-corrected chi connectivity index (χ4v) is 4.16. The molecule has 0 unspecified atom stereocenters. The molecule has 0 atom stereocenters. The number of benzene rings is 3. The molecule has 0 saturated heterocycles. The first-order chi connectivity index (χ1) is 15.8. The number of pyridine rings is 1. The van der Waals surface area contributed by atoms with Crippen molar-refractivity contribution >= 4 is 27.6 Å². The summed E-state index contributed by atoms with van der Waals surface area (Å²) in [5.41, 5.74) is 3.85. The minimum Gasteiger partial charge on any atom is -0.478 e. The Morgan fingerprint density at radius 1 is 0.970 bits per heavy atom. The number of aromatic nitrogens is 3. The number of hydrogen-bond donors (Lipinski definition) is 2. The molecule has 0 aliphatic carbocycles. The fraction of sp³-hybridized carbons (Fsp3) is 0.115. The molecular weight excluding hydrogens is 424 g/mol. The predicted octanol–water partition coefficient (Wildman–Crippen LogP) is 6.54. The number of hydrogen-bond acceptors (Lipinski definition) is 3. The van der Waals surface area contributed by atoms with Crippen LogP contribution in [0.15, 0.2) is 60.8 Å². The lowest BCUT2D eigenvalue weighted by molar-refractivity contribution is 0.0692. The van der Waals surface area contributed by atoms with Crippen LogP contribution in [0, 0.1) is 11.6 Å². The molecule has 2 N–H and O–H groups in total. The summed E-state index contributed by atoms with van der Waals surface area (Å²) in [4.78, 5) is 16.2. The van der Waals surface area contributed by atoms with Crippen molar-refractivity contribution < 1.29 is 18.7 Å². The molecule has 33 heavy (non-hydrogen) atoms. The molecular formula is C26H19F2N3O2. The summed E-state index contributed by atoms with van der Waals surface area (Å²) in [5, 5.41) is 18.8. The quantitative estimate of drug-likeness (QED) is 0.330. The van der Waals surface area contributed by atoms with E-state index in [9.17, 15) is 18.7 Å². The van der Waals surface area contributed by atoms with Gasteiger partial charge in [-0.3, -0.25) is 10.1 Å². The standard InChI is InChI=1S/C26H19F2N3O2/c1-13(2)24-23(14-3-6-17(27)7-4-14)19-9-16-12-29-31-22(16)11-20(19)25(30-24)15-5-8-18(26(32)33)21(28)10-15/h3-13H,1-2H3,(H,29,31)(H,32,33). The number of carboxylic acid groups (broad SMARTS) is 1. The molecule has 164 valence electrons. The van der Waals surface area contributed by atoms with Gasteiger partial charge in [-0.25, -0.2) is 13.6 Å². The molecule has 0 radical (unpaired) electrons. The molecule has 0 saturated carbocycles. The average Bonchev–Trinajstić information content (AvgIpc) is 3.24.